The predicted octanol–water partition coefficient (Wildman–Crippen LogP) is 0.187. The van der Waals surface area contributed by atoms with Gasteiger partial charge in [0.1, 0.15) is 0 Å². The van der Waals surface area contributed by atoms with Crippen molar-refractivity contribution in [1.29, 1.82) is 0 Å². The van der Waals surface area contributed by atoms with Crippen LogP contribution in [0, 0.1) is 0 Å². The smallest absolute Gasteiger partial charge is 0.338 e. The molecule has 1 N–H and O–H groups in total. The number of benzene rings is 1. The second kappa shape index (κ2) is 6.37. The van der Waals surface area contributed by atoms with Crippen molar-refractivity contribution >= 4 is 27.7 Å². The van der Waals surface area contributed by atoms with Gasteiger partial charge in [0.15, 0.2) is 15.9 Å². The maximum Gasteiger partial charge on any atom is 0.338 e. The zero-order chi connectivity index (χ0) is 17.2. The van der Waals surface area contributed by atoms with E-state index in [9.17, 15) is 22.8 Å². The Kier molecular flexibility index (Phi) is 4.69. The molecule has 0 saturated carbocycles. The number of carbonyl (C=O) groups is 3. The molecule has 0 radical (unpaired) electrons. The van der Waals surface area contributed by atoms with E-state index in [0.29, 0.717) is 6.54 Å². The third-order valence-corrected chi connectivity index (χ3v) is 4.40. The second-order valence-corrected chi connectivity index (χ2v) is 7.08. The summed E-state index contributed by atoms with van der Waals surface area (Å²) in [6.07, 6.45) is -0.0664. The SMILES string of the molecule is C[C@H](OC(=O)c1ccc(S(C)(=O)=O)cc1)C(=O)N1CCNC1=O. The van der Waals surface area contributed by atoms with Crippen LogP contribution in [0.5, 0.6) is 0 Å². The lowest BCUT2D eigenvalue weighted by Gasteiger charge is -2.18. The van der Waals surface area contributed by atoms with Crippen LogP contribution < -0.4 is 5.32 Å². The topological polar surface area (TPSA) is 110 Å². The molecule has 0 spiro atoms. The lowest BCUT2D eigenvalue weighted by molar-refractivity contribution is -0.136. The van der Waals surface area contributed by atoms with Gasteiger partial charge >= 0.3 is 12.0 Å². The fourth-order valence-electron chi connectivity index (χ4n) is 2.02. The molecule has 1 aromatic rings. The molecule has 1 saturated heterocycles. The van der Waals surface area contributed by atoms with E-state index in [2.05, 4.69) is 5.32 Å². The zero-order valence-electron chi connectivity index (χ0n) is 12.6. The first-order chi connectivity index (χ1) is 10.7. The number of imide groups is 1. The Morgan fingerprint density at radius 2 is 1.87 bits per heavy atom. The predicted molar refractivity (Wildman–Crippen MR) is 79.5 cm³/mol. The molecule has 0 unspecified atom stereocenters. The minimum absolute atomic E-state index is 0.0758. The van der Waals surface area contributed by atoms with Gasteiger partial charge in [0.25, 0.3) is 5.91 Å². The maximum absolute atomic E-state index is 12.0. The van der Waals surface area contributed by atoms with E-state index in [0.717, 1.165) is 11.2 Å². The number of ether oxygens (including phenoxy) is 1. The van der Waals surface area contributed by atoms with Crippen LogP contribution in [0.4, 0.5) is 4.79 Å². The number of rotatable bonds is 4. The van der Waals surface area contributed by atoms with Gasteiger partial charge in [0.2, 0.25) is 0 Å². The summed E-state index contributed by atoms with van der Waals surface area (Å²) >= 11 is 0. The second-order valence-electron chi connectivity index (χ2n) is 5.07. The molecule has 1 atom stereocenters. The van der Waals surface area contributed by atoms with Gasteiger partial charge in [0.05, 0.1) is 10.5 Å². The first-order valence-corrected chi connectivity index (χ1v) is 8.69. The number of sulfone groups is 1. The van der Waals surface area contributed by atoms with Crippen molar-refractivity contribution in [1.82, 2.24) is 10.2 Å². The molecule has 3 amide bonds. The molecule has 0 bridgehead atoms. The lowest BCUT2D eigenvalue weighted by atomic mass is 10.2. The van der Waals surface area contributed by atoms with Gasteiger partial charge in [-0.2, -0.15) is 0 Å². The summed E-state index contributed by atoms with van der Waals surface area (Å²) in [5, 5.41) is 2.48. The third kappa shape index (κ3) is 3.86. The number of carbonyl (C=O) groups excluding carboxylic acids is 3. The molecular weight excluding hydrogens is 324 g/mol. The monoisotopic (exact) mass is 340 g/mol. The maximum atomic E-state index is 12.0. The molecule has 1 heterocycles. The first kappa shape index (κ1) is 16.9. The summed E-state index contributed by atoms with van der Waals surface area (Å²) in [4.78, 5) is 36.4. The summed E-state index contributed by atoms with van der Waals surface area (Å²) in [7, 11) is -3.36. The molecule has 9 heteroatoms. The molecule has 1 aliphatic rings. The normalized spacial score (nSPS) is 15.9. The molecule has 1 aromatic carbocycles. The molecular formula is C14H16N2O6S. The Bertz CT molecular complexity index is 741. The van der Waals surface area contributed by atoms with E-state index in [1.54, 1.807) is 0 Å². The van der Waals surface area contributed by atoms with Gasteiger partial charge in [0, 0.05) is 19.3 Å². The average molecular weight is 340 g/mol. The number of hydrogen-bond donors (Lipinski definition) is 1. The summed E-state index contributed by atoms with van der Waals surface area (Å²) in [5.74, 6) is -1.38. The summed E-state index contributed by atoms with van der Waals surface area (Å²) in [5.41, 5.74) is 0.114. The van der Waals surface area contributed by atoms with E-state index in [-0.39, 0.29) is 17.0 Å². The van der Waals surface area contributed by atoms with Crippen molar-refractivity contribution in [2.75, 3.05) is 19.3 Å². The van der Waals surface area contributed by atoms with Crippen LogP contribution in [-0.4, -0.2) is 56.7 Å². The van der Waals surface area contributed by atoms with Gasteiger partial charge in [-0.15, -0.1) is 0 Å². The quantitative estimate of drug-likeness (QED) is 0.783. The molecule has 0 aliphatic carbocycles. The highest BCUT2D eigenvalue weighted by atomic mass is 32.2. The highest BCUT2D eigenvalue weighted by Gasteiger charge is 2.31. The Hall–Kier alpha value is -2.42. The van der Waals surface area contributed by atoms with E-state index in [1.165, 1.54) is 31.2 Å². The van der Waals surface area contributed by atoms with Crippen LogP contribution in [0.25, 0.3) is 0 Å². The molecule has 0 aromatic heterocycles. The van der Waals surface area contributed by atoms with E-state index >= 15 is 0 Å². The van der Waals surface area contributed by atoms with Crippen molar-refractivity contribution in [3.63, 3.8) is 0 Å². The number of hydrogen-bond acceptors (Lipinski definition) is 6. The van der Waals surface area contributed by atoms with Crippen molar-refractivity contribution in [3.05, 3.63) is 29.8 Å². The standard InChI is InChI=1S/C14H16N2O6S/c1-9(12(17)16-8-7-15-14(16)19)22-13(18)10-3-5-11(6-4-10)23(2,20)21/h3-6,9H,7-8H2,1-2H3,(H,15,19)/t9-/m0/s1. The Morgan fingerprint density at radius 3 is 2.35 bits per heavy atom. The molecule has 8 nitrogen and oxygen atoms in total. The Morgan fingerprint density at radius 1 is 1.26 bits per heavy atom. The van der Waals surface area contributed by atoms with Crippen LogP contribution in [-0.2, 0) is 19.4 Å². The number of nitrogens with zero attached hydrogens (tertiary/aromatic N) is 1. The number of esters is 1. The molecule has 2 rings (SSSR count). The largest absolute Gasteiger partial charge is 0.449 e. The van der Waals surface area contributed by atoms with Crippen molar-refractivity contribution < 1.29 is 27.5 Å². The van der Waals surface area contributed by atoms with E-state index in [1.807, 2.05) is 0 Å². The van der Waals surface area contributed by atoms with Gasteiger partial charge in [-0.1, -0.05) is 0 Å². The fraction of sp³-hybridized carbons (Fsp3) is 0.357. The number of amides is 3. The lowest BCUT2D eigenvalue weighted by Crippen LogP contribution is -2.41. The first-order valence-electron chi connectivity index (χ1n) is 6.80. The van der Waals surface area contributed by atoms with Gasteiger partial charge < -0.3 is 10.1 Å². The average Bonchev–Trinajstić information content (AvgIpc) is 2.91. The van der Waals surface area contributed by atoms with Crippen LogP contribution in [0.2, 0.25) is 0 Å². The third-order valence-electron chi connectivity index (χ3n) is 3.27. The summed E-state index contributed by atoms with van der Waals surface area (Å²) in [6, 6.07) is 4.66. The highest BCUT2D eigenvalue weighted by Crippen LogP contribution is 2.13. The van der Waals surface area contributed by atoms with E-state index in [4.69, 9.17) is 4.74 Å². The Labute approximate surface area is 133 Å². The van der Waals surface area contributed by atoms with Crippen LogP contribution >= 0.6 is 0 Å². The number of nitrogens with one attached hydrogen (secondary N) is 1. The Balaban J connectivity index is 2.03. The van der Waals surface area contributed by atoms with Crippen molar-refractivity contribution in [3.8, 4) is 0 Å². The minimum Gasteiger partial charge on any atom is -0.449 e. The molecule has 23 heavy (non-hydrogen) atoms. The molecule has 124 valence electrons. The fourth-order valence-corrected chi connectivity index (χ4v) is 2.65. The van der Waals surface area contributed by atoms with Crippen LogP contribution in [0.3, 0.4) is 0 Å². The van der Waals surface area contributed by atoms with Gasteiger partial charge in [-0.3, -0.25) is 9.69 Å². The number of urea groups is 1. The zero-order valence-corrected chi connectivity index (χ0v) is 13.4. The van der Waals surface area contributed by atoms with Crippen LogP contribution in [0.1, 0.15) is 17.3 Å². The van der Waals surface area contributed by atoms with Crippen molar-refractivity contribution in [2.45, 2.75) is 17.9 Å². The van der Waals surface area contributed by atoms with Gasteiger partial charge in [-0.25, -0.2) is 18.0 Å². The molecule has 1 fully saturated rings. The molecule has 1 aliphatic heterocycles. The van der Waals surface area contributed by atoms with Crippen LogP contribution in [0.15, 0.2) is 29.2 Å². The van der Waals surface area contributed by atoms with E-state index < -0.39 is 33.8 Å². The summed E-state index contributed by atoms with van der Waals surface area (Å²) < 4.78 is 27.7. The minimum atomic E-state index is -3.36. The van der Waals surface area contributed by atoms with Crippen molar-refractivity contribution in [2.24, 2.45) is 0 Å². The van der Waals surface area contributed by atoms with Gasteiger partial charge in [-0.05, 0) is 31.2 Å². The highest BCUT2D eigenvalue weighted by molar-refractivity contribution is 7.90. The summed E-state index contributed by atoms with van der Waals surface area (Å²) in [6.45, 7) is 1.96.